The Bertz CT molecular complexity index is 1450. The zero-order valence-electron chi connectivity index (χ0n) is 31.1. The average Bonchev–Trinajstić information content (AvgIpc) is 3.22. The molecular formula is C44H54N4O6. The number of carbonyl (C=O) groups excluding carboxylic acids is 2. The molecule has 4 aromatic carbocycles. The Balaban J connectivity index is 0.781. The van der Waals surface area contributed by atoms with Crippen LogP contribution in [0.1, 0.15) is 60.0 Å². The minimum Gasteiger partial charge on any atom is -0.446 e. The standard InChI is InChI=1S/C44H54N4O6/c49-43(45-41(35-13-5-1-6-14-35)36-15-7-2-8-16-36)53-39-21-25-47(26-22-39)29-31-51-33-34-52-32-30-48-27-23-40(24-28-48)54-44(50)46-42(37-17-9-3-10-18-37)38-19-11-4-12-20-38/h1-20,39-42H,21-34H2,(H,45,49)(H,46,50). The van der Waals surface area contributed by atoms with Crippen LogP contribution < -0.4 is 10.6 Å². The van der Waals surface area contributed by atoms with Crippen molar-refractivity contribution in [3.8, 4) is 0 Å². The number of piperidine rings is 2. The highest BCUT2D eigenvalue weighted by Crippen LogP contribution is 2.24. The quantitative estimate of drug-likeness (QED) is 0.112. The maximum Gasteiger partial charge on any atom is 0.408 e. The number of amides is 2. The maximum absolute atomic E-state index is 12.9. The first-order valence-corrected chi connectivity index (χ1v) is 19.3. The number of alkyl carbamates (subject to hydrolysis) is 2. The predicted octanol–water partition coefficient (Wildman–Crippen LogP) is 6.98. The summed E-state index contributed by atoms with van der Waals surface area (Å²) in [7, 11) is 0. The third-order valence-corrected chi connectivity index (χ3v) is 10.1. The van der Waals surface area contributed by atoms with E-state index in [1.54, 1.807) is 0 Å². The smallest absolute Gasteiger partial charge is 0.408 e. The number of benzene rings is 4. The lowest BCUT2D eigenvalue weighted by molar-refractivity contribution is 0.0110. The fraction of sp³-hybridized carbons (Fsp3) is 0.409. The van der Waals surface area contributed by atoms with Crippen LogP contribution in [0.5, 0.6) is 0 Å². The summed E-state index contributed by atoms with van der Waals surface area (Å²) in [6.45, 7) is 7.56. The topological polar surface area (TPSA) is 102 Å². The van der Waals surface area contributed by atoms with E-state index in [2.05, 4.69) is 20.4 Å². The van der Waals surface area contributed by atoms with Gasteiger partial charge >= 0.3 is 12.2 Å². The minimum atomic E-state index is -0.385. The van der Waals surface area contributed by atoms with E-state index in [0.717, 1.165) is 87.2 Å². The van der Waals surface area contributed by atoms with Gasteiger partial charge in [0.2, 0.25) is 0 Å². The van der Waals surface area contributed by atoms with Gasteiger partial charge in [0.1, 0.15) is 12.2 Å². The van der Waals surface area contributed by atoms with Crippen LogP contribution in [0.2, 0.25) is 0 Å². The van der Waals surface area contributed by atoms with Gasteiger partial charge in [-0.1, -0.05) is 121 Å². The van der Waals surface area contributed by atoms with E-state index in [-0.39, 0.29) is 36.5 Å². The first kappa shape index (κ1) is 39.0. The number of likely N-dealkylation sites (tertiary alicyclic amines) is 2. The van der Waals surface area contributed by atoms with E-state index < -0.39 is 0 Å². The molecule has 10 nitrogen and oxygen atoms in total. The second kappa shape index (κ2) is 21.2. The Morgan fingerprint density at radius 1 is 0.481 bits per heavy atom. The van der Waals surface area contributed by atoms with Crippen molar-refractivity contribution in [2.45, 2.75) is 50.0 Å². The summed E-state index contributed by atoms with van der Waals surface area (Å²) in [6, 6.07) is 39.4. The largest absolute Gasteiger partial charge is 0.446 e. The maximum atomic E-state index is 12.9. The van der Waals surface area contributed by atoms with Crippen LogP contribution in [0.15, 0.2) is 121 Å². The van der Waals surface area contributed by atoms with Gasteiger partial charge < -0.3 is 39.4 Å². The fourth-order valence-corrected chi connectivity index (χ4v) is 7.12. The first-order chi connectivity index (χ1) is 26.6. The van der Waals surface area contributed by atoms with Crippen molar-refractivity contribution in [2.24, 2.45) is 0 Å². The molecule has 4 aromatic rings. The molecule has 0 aliphatic carbocycles. The van der Waals surface area contributed by atoms with Gasteiger partial charge in [-0.3, -0.25) is 0 Å². The molecule has 10 heteroatoms. The second-order valence-corrected chi connectivity index (χ2v) is 13.9. The van der Waals surface area contributed by atoms with E-state index in [1.807, 2.05) is 121 Å². The van der Waals surface area contributed by atoms with Gasteiger partial charge in [0.15, 0.2) is 0 Å². The van der Waals surface area contributed by atoms with E-state index >= 15 is 0 Å². The first-order valence-electron chi connectivity index (χ1n) is 19.3. The zero-order chi connectivity index (χ0) is 37.2. The minimum absolute atomic E-state index is 0.0989. The molecule has 286 valence electrons. The third kappa shape index (κ3) is 12.4. The molecule has 0 atom stereocenters. The molecule has 54 heavy (non-hydrogen) atoms. The zero-order valence-corrected chi connectivity index (χ0v) is 31.1. The van der Waals surface area contributed by atoms with Crippen LogP contribution in [0, 0.1) is 0 Å². The van der Waals surface area contributed by atoms with Crippen LogP contribution in [-0.2, 0) is 18.9 Å². The molecule has 0 unspecified atom stereocenters. The normalized spacial score (nSPS) is 16.0. The van der Waals surface area contributed by atoms with E-state index in [0.29, 0.717) is 26.4 Å². The van der Waals surface area contributed by atoms with Gasteiger partial charge in [-0.2, -0.15) is 0 Å². The van der Waals surface area contributed by atoms with E-state index in [1.165, 1.54) is 0 Å². The van der Waals surface area contributed by atoms with Crippen molar-refractivity contribution < 1.29 is 28.5 Å². The van der Waals surface area contributed by atoms with Gasteiger partial charge in [-0.05, 0) is 47.9 Å². The Kier molecular flexibility index (Phi) is 15.3. The van der Waals surface area contributed by atoms with E-state index in [4.69, 9.17) is 18.9 Å². The molecule has 0 spiro atoms. The summed E-state index contributed by atoms with van der Waals surface area (Å²) >= 11 is 0. The molecule has 2 saturated heterocycles. The van der Waals surface area contributed by atoms with Crippen LogP contribution in [0.25, 0.3) is 0 Å². The van der Waals surface area contributed by atoms with Crippen molar-refractivity contribution in [1.82, 2.24) is 20.4 Å². The molecule has 2 aliphatic rings. The number of ether oxygens (including phenoxy) is 4. The summed E-state index contributed by atoms with van der Waals surface area (Å²) in [6.07, 6.45) is 2.24. The number of carbonyl (C=O) groups is 2. The van der Waals surface area contributed by atoms with Crippen molar-refractivity contribution in [3.63, 3.8) is 0 Å². The Hall–Kier alpha value is -4.74. The predicted molar refractivity (Wildman–Crippen MR) is 209 cm³/mol. The Morgan fingerprint density at radius 2 is 0.778 bits per heavy atom. The summed E-state index contributed by atoms with van der Waals surface area (Å²) in [5.41, 5.74) is 4.07. The monoisotopic (exact) mass is 734 g/mol. The number of hydrogen-bond acceptors (Lipinski definition) is 8. The lowest BCUT2D eigenvalue weighted by atomic mass is 9.99. The lowest BCUT2D eigenvalue weighted by Gasteiger charge is -2.32. The van der Waals surface area contributed by atoms with Crippen molar-refractivity contribution >= 4 is 12.2 Å². The third-order valence-electron chi connectivity index (χ3n) is 10.1. The van der Waals surface area contributed by atoms with Gasteiger partial charge in [-0.25, -0.2) is 9.59 Å². The van der Waals surface area contributed by atoms with Gasteiger partial charge in [-0.15, -0.1) is 0 Å². The summed E-state index contributed by atoms with van der Waals surface area (Å²) in [5, 5.41) is 6.17. The number of nitrogens with one attached hydrogen (secondary N) is 2. The van der Waals surface area contributed by atoms with Crippen LogP contribution in [0.3, 0.4) is 0 Å². The fourth-order valence-electron chi connectivity index (χ4n) is 7.12. The highest BCUT2D eigenvalue weighted by Gasteiger charge is 2.26. The molecule has 0 radical (unpaired) electrons. The molecule has 6 rings (SSSR count). The number of nitrogens with zero attached hydrogens (tertiary/aromatic N) is 2. The SMILES string of the molecule is O=C(NC(c1ccccc1)c1ccccc1)OC1CCN(CCOCCOCCN2CCC(OC(=O)NC(c3ccccc3)c3ccccc3)CC2)CC1. The average molecular weight is 735 g/mol. The molecule has 0 bridgehead atoms. The second-order valence-electron chi connectivity index (χ2n) is 13.9. The van der Waals surface area contributed by atoms with Crippen LogP contribution in [-0.4, -0.2) is 99.9 Å². The van der Waals surface area contributed by atoms with Crippen molar-refractivity contribution in [3.05, 3.63) is 144 Å². The molecular weight excluding hydrogens is 681 g/mol. The molecule has 2 N–H and O–H groups in total. The summed E-state index contributed by atoms with van der Waals surface area (Å²) in [4.78, 5) is 30.5. The highest BCUT2D eigenvalue weighted by molar-refractivity contribution is 5.69. The van der Waals surface area contributed by atoms with Crippen molar-refractivity contribution in [2.75, 3.05) is 65.7 Å². The van der Waals surface area contributed by atoms with Gasteiger partial charge in [0.05, 0.1) is 38.5 Å². The molecule has 0 aromatic heterocycles. The number of rotatable bonds is 17. The molecule has 2 amide bonds. The van der Waals surface area contributed by atoms with Gasteiger partial charge in [0, 0.05) is 39.3 Å². The Labute approximate surface area is 319 Å². The Morgan fingerprint density at radius 3 is 1.07 bits per heavy atom. The highest BCUT2D eigenvalue weighted by atomic mass is 16.6. The summed E-state index contributed by atoms with van der Waals surface area (Å²) in [5.74, 6) is 0. The van der Waals surface area contributed by atoms with Crippen LogP contribution >= 0.6 is 0 Å². The van der Waals surface area contributed by atoms with Gasteiger partial charge in [0.25, 0.3) is 0 Å². The molecule has 2 heterocycles. The van der Waals surface area contributed by atoms with E-state index in [9.17, 15) is 9.59 Å². The lowest BCUT2D eigenvalue weighted by Crippen LogP contribution is -2.41. The molecule has 2 fully saturated rings. The summed E-state index contributed by atoms with van der Waals surface area (Å²) < 4.78 is 23.4. The molecule has 0 saturated carbocycles. The number of hydrogen-bond donors (Lipinski definition) is 2. The van der Waals surface area contributed by atoms with Crippen LogP contribution in [0.4, 0.5) is 9.59 Å². The van der Waals surface area contributed by atoms with Crippen molar-refractivity contribution in [1.29, 1.82) is 0 Å². The molecule has 2 aliphatic heterocycles.